The Hall–Kier alpha value is -0.570. The Morgan fingerprint density at radius 2 is 2.42 bits per heavy atom. The van der Waals surface area contributed by atoms with E-state index in [0.717, 1.165) is 18.9 Å². The van der Waals surface area contributed by atoms with Gasteiger partial charge in [-0.1, -0.05) is 6.92 Å². The fourth-order valence-electron chi connectivity index (χ4n) is 1.77. The van der Waals surface area contributed by atoms with E-state index in [1.54, 1.807) is 0 Å². The molecule has 3 N–H and O–H groups in total. The average molecular weight is 169 g/mol. The maximum Gasteiger partial charge on any atom is 0.0918 e. The lowest BCUT2D eigenvalue weighted by molar-refractivity contribution is 0.188. The third-order valence-electron chi connectivity index (χ3n) is 2.44. The number of rotatable bonds is 3. The third-order valence-corrected chi connectivity index (χ3v) is 2.44. The summed E-state index contributed by atoms with van der Waals surface area (Å²) >= 11 is 0. The van der Waals surface area contributed by atoms with Crippen molar-refractivity contribution in [2.24, 2.45) is 11.7 Å². The van der Waals surface area contributed by atoms with Gasteiger partial charge in [-0.05, 0) is 25.3 Å². The zero-order valence-corrected chi connectivity index (χ0v) is 7.84. The number of nitrogens with one attached hydrogen (secondary N) is 1. The summed E-state index contributed by atoms with van der Waals surface area (Å²) in [4.78, 5) is 2.41. The van der Waals surface area contributed by atoms with Crippen LogP contribution in [0.4, 0.5) is 0 Å². The van der Waals surface area contributed by atoms with Crippen molar-refractivity contribution in [3.8, 4) is 0 Å². The summed E-state index contributed by atoms with van der Waals surface area (Å²) in [6, 6.07) is 0. The second-order valence-corrected chi connectivity index (χ2v) is 3.82. The molecule has 12 heavy (non-hydrogen) atoms. The van der Waals surface area contributed by atoms with Gasteiger partial charge in [-0.3, -0.25) is 5.41 Å². The van der Waals surface area contributed by atoms with Crippen molar-refractivity contribution in [3.05, 3.63) is 0 Å². The molecule has 70 valence electrons. The van der Waals surface area contributed by atoms with Gasteiger partial charge < -0.3 is 10.6 Å². The van der Waals surface area contributed by atoms with Crippen LogP contribution < -0.4 is 5.73 Å². The van der Waals surface area contributed by atoms with E-state index in [1.807, 2.05) is 0 Å². The van der Waals surface area contributed by atoms with E-state index < -0.39 is 0 Å². The number of nitrogens with zero attached hydrogens (tertiary/aromatic N) is 1. The zero-order valence-electron chi connectivity index (χ0n) is 7.84. The average Bonchev–Trinajstić information content (AvgIpc) is 2.01. The van der Waals surface area contributed by atoms with E-state index in [1.165, 1.54) is 25.9 Å². The maximum atomic E-state index is 7.11. The van der Waals surface area contributed by atoms with Crippen LogP contribution in [0.25, 0.3) is 0 Å². The largest absolute Gasteiger partial charge is 0.388 e. The first kappa shape index (κ1) is 9.52. The summed E-state index contributed by atoms with van der Waals surface area (Å²) in [7, 11) is 0. The van der Waals surface area contributed by atoms with E-state index in [9.17, 15) is 0 Å². The predicted octanol–water partition coefficient (Wildman–Crippen LogP) is 1.04. The SMILES string of the molecule is CC1CCCN(CCC(=N)N)C1. The normalized spacial score (nSPS) is 25.6. The van der Waals surface area contributed by atoms with Crippen LogP contribution >= 0.6 is 0 Å². The second kappa shape index (κ2) is 4.45. The standard InChI is InChI=1S/C9H19N3/c1-8-3-2-5-12(7-8)6-4-9(10)11/h8H,2-7H2,1H3,(H3,10,11). The summed E-state index contributed by atoms with van der Waals surface area (Å²) in [6.07, 6.45) is 3.39. The van der Waals surface area contributed by atoms with Crippen LogP contribution in [0.1, 0.15) is 26.2 Å². The van der Waals surface area contributed by atoms with Gasteiger partial charge in [0.15, 0.2) is 0 Å². The van der Waals surface area contributed by atoms with Gasteiger partial charge in [0.1, 0.15) is 0 Å². The highest BCUT2D eigenvalue weighted by Gasteiger charge is 2.15. The molecule has 1 saturated heterocycles. The molecule has 1 rings (SSSR count). The molecule has 0 saturated carbocycles. The summed E-state index contributed by atoms with van der Waals surface area (Å²) in [5, 5.41) is 7.11. The van der Waals surface area contributed by atoms with Crippen molar-refractivity contribution in [2.75, 3.05) is 19.6 Å². The Balaban J connectivity index is 2.18. The van der Waals surface area contributed by atoms with Crippen molar-refractivity contribution in [2.45, 2.75) is 26.2 Å². The van der Waals surface area contributed by atoms with Gasteiger partial charge >= 0.3 is 0 Å². The summed E-state index contributed by atoms with van der Waals surface area (Å²) < 4.78 is 0. The number of hydrogen-bond donors (Lipinski definition) is 2. The zero-order chi connectivity index (χ0) is 8.97. The summed E-state index contributed by atoms with van der Waals surface area (Å²) in [5.74, 6) is 1.14. The minimum Gasteiger partial charge on any atom is -0.388 e. The Kier molecular flexibility index (Phi) is 3.53. The van der Waals surface area contributed by atoms with E-state index in [2.05, 4.69) is 11.8 Å². The Morgan fingerprint density at radius 3 is 3.00 bits per heavy atom. The number of hydrogen-bond acceptors (Lipinski definition) is 2. The minimum atomic E-state index is 0.313. The molecular weight excluding hydrogens is 150 g/mol. The molecule has 0 aromatic carbocycles. The molecule has 0 aromatic rings. The van der Waals surface area contributed by atoms with E-state index >= 15 is 0 Å². The molecule has 0 aromatic heterocycles. The van der Waals surface area contributed by atoms with Gasteiger partial charge in [-0.15, -0.1) is 0 Å². The number of likely N-dealkylation sites (tertiary alicyclic amines) is 1. The highest BCUT2D eigenvalue weighted by Crippen LogP contribution is 2.14. The fraction of sp³-hybridized carbons (Fsp3) is 0.889. The first-order valence-electron chi connectivity index (χ1n) is 4.73. The molecule has 0 bridgehead atoms. The quantitative estimate of drug-likeness (QED) is 0.490. The van der Waals surface area contributed by atoms with Gasteiger partial charge in [-0.2, -0.15) is 0 Å². The lowest BCUT2D eigenvalue weighted by Gasteiger charge is -2.30. The van der Waals surface area contributed by atoms with Gasteiger partial charge in [0.05, 0.1) is 5.84 Å². The van der Waals surface area contributed by atoms with E-state index in [0.29, 0.717) is 5.84 Å². The van der Waals surface area contributed by atoms with E-state index in [-0.39, 0.29) is 0 Å². The molecule has 3 nitrogen and oxygen atoms in total. The molecule has 1 aliphatic heterocycles. The lowest BCUT2D eigenvalue weighted by Crippen LogP contribution is -2.36. The topological polar surface area (TPSA) is 53.1 Å². The monoisotopic (exact) mass is 169 g/mol. The molecule has 1 aliphatic rings. The van der Waals surface area contributed by atoms with Crippen LogP contribution in [0.15, 0.2) is 0 Å². The third kappa shape index (κ3) is 3.22. The van der Waals surface area contributed by atoms with Gasteiger partial charge in [-0.25, -0.2) is 0 Å². The fourth-order valence-corrected chi connectivity index (χ4v) is 1.77. The molecule has 1 heterocycles. The predicted molar refractivity (Wildman–Crippen MR) is 51.4 cm³/mol. The molecule has 0 aliphatic carbocycles. The molecular formula is C9H19N3. The highest BCUT2D eigenvalue weighted by atomic mass is 15.1. The van der Waals surface area contributed by atoms with Crippen molar-refractivity contribution >= 4 is 5.84 Å². The van der Waals surface area contributed by atoms with Crippen molar-refractivity contribution in [1.29, 1.82) is 5.41 Å². The highest BCUT2D eigenvalue weighted by molar-refractivity contribution is 5.76. The van der Waals surface area contributed by atoms with Crippen LogP contribution in [0, 0.1) is 11.3 Å². The molecule has 1 fully saturated rings. The second-order valence-electron chi connectivity index (χ2n) is 3.82. The number of amidine groups is 1. The molecule has 0 amide bonds. The van der Waals surface area contributed by atoms with Crippen LogP contribution in [0.5, 0.6) is 0 Å². The van der Waals surface area contributed by atoms with Gasteiger partial charge in [0.2, 0.25) is 0 Å². The molecule has 1 unspecified atom stereocenters. The first-order valence-corrected chi connectivity index (χ1v) is 4.73. The van der Waals surface area contributed by atoms with Gasteiger partial charge in [0, 0.05) is 19.5 Å². The van der Waals surface area contributed by atoms with Crippen molar-refractivity contribution < 1.29 is 0 Å². The van der Waals surface area contributed by atoms with Crippen LogP contribution in [-0.2, 0) is 0 Å². The summed E-state index contributed by atoms with van der Waals surface area (Å²) in [6.45, 7) is 5.64. The van der Waals surface area contributed by atoms with Crippen molar-refractivity contribution in [1.82, 2.24) is 4.90 Å². The van der Waals surface area contributed by atoms with Crippen LogP contribution in [-0.4, -0.2) is 30.4 Å². The number of piperidine rings is 1. The smallest absolute Gasteiger partial charge is 0.0918 e. The maximum absolute atomic E-state index is 7.11. The Morgan fingerprint density at radius 1 is 1.67 bits per heavy atom. The first-order chi connectivity index (χ1) is 5.68. The summed E-state index contributed by atoms with van der Waals surface area (Å²) in [5.41, 5.74) is 5.30. The lowest BCUT2D eigenvalue weighted by atomic mass is 10.0. The molecule has 3 heteroatoms. The Bertz CT molecular complexity index is 156. The van der Waals surface area contributed by atoms with Gasteiger partial charge in [0.25, 0.3) is 0 Å². The van der Waals surface area contributed by atoms with Crippen LogP contribution in [0.2, 0.25) is 0 Å². The molecule has 0 radical (unpaired) electrons. The molecule has 0 spiro atoms. The van der Waals surface area contributed by atoms with Crippen LogP contribution in [0.3, 0.4) is 0 Å². The van der Waals surface area contributed by atoms with Crippen molar-refractivity contribution in [3.63, 3.8) is 0 Å². The molecule has 1 atom stereocenters. The minimum absolute atomic E-state index is 0.313. The van der Waals surface area contributed by atoms with E-state index in [4.69, 9.17) is 11.1 Å². The Labute approximate surface area is 74.4 Å². The number of nitrogens with two attached hydrogens (primary N) is 1.